The molecule has 0 spiro atoms. The Morgan fingerprint density at radius 1 is 1.35 bits per heavy atom. The predicted molar refractivity (Wildman–Crippen MR) is 78.0 cm³/mol. The van der Waals surface area contributed by atoms with Crippen LogP contribution in [0.15, 0.2) is 35.1 Å². The first-order valence-corrected chi connectivity index (χ1v) is 6.96. The zero-order valence-corrected chi connectivity index (χ0v) is 12.9. The van der Waals surface area contributed by atoms with Crippen molar-refractivity contribution < 1.29 is 14.3 Å². The largest absolute Gasteiger partial charge is 0.497 e. The number of benzene rings is 1. The summed E-state index contributed by atoms with van der Waals surface area (Å²) < 4.78 is 12.4. The van der Waals surface area contributed by atoms with Crippen molar-refractivity contribution in [2.45, 2.75) is 13.5 Å². The zero-order valence-electron chi connectivity index (χ0n) is 11.3. The Hall–Kier alpha value is -1.82. The summed E-state index contributed by atoms with van der Waals surface area (Å²) in [4.78, 5) is 11.7. The minimum Gasteiger partial charge on any atom is -0.497 e. The van der Waals surface area contributed by atoms with Crippen molar-refractivity contribution in [3.8, 4) is 5.75 Å². The van der Waals surface area contributed by atoms with E-state index in [1.54, 1.807) is 18.7 Å². The van der Waals surface area contributed by atoms with E-state index in [0.717, 1.165) is 11.3 Å². The lowest BCUT2D eigenvalue weighted by Crippen LogP contribution is -2.06. The fourth-order valence-electron chi connectivity index (χ4n) is 1.73. The van der Waals surface area contributed by atoms with E-state index >= 15 is 0 Å². The molecule has 0 bridgehead atoms. The molecule has 1 aromatic carbocycles. The van der Waals surface area contributed by atoms with Gasteiger partial charge in [-0.2, -0.15) is 5.10 Å². The van der Waals surface area contributed by atoms with Gasteiger partial charge in [0.1, 0.15) is 15.9 Å². The Morgan fingerprint density at radius 2 is 2.05 bits per heavy atom. The van der Waals surface area contributed by atoms with Gasteiger partial charge in [0.15, 0.2) is 0 Å². The molecule has 2 rings (SSSR count). The van der Waals surface area contributed by atoms with Crippen LogP contribution in [0, 0.1) is 0 Å². The number of aromatic nitrogens is 2. The van der Waals surface area contributed by atoms with Gasteiger partial charge in [-0.3, -0.25) is 4.68 Å². The Balaban J connectivity index is 2.15. The first-order chi connectivity index (χ1) is 9.65. The Labute approximate surface area is 125 Å². The number of rotatable bonds is 5. The highest BCUT2D eigenvalue weighted by molar-refractivity contribution is 9.10. The molecule has 20 heavy (non-hydrogen) atoms. The van der Waals surface area contributed by atoms with E-state index in [2.05, 4.69) is 21.0 Å². The molecule has 0 fully saturated rings. The van der Waals surface area contributed by atoms with Crippen LogP contribution >= 0.6 is 15.9 Å². The molecule has 0 aliphatic carbocycles. The van der Waals surface area contributed by atoms with Crippen molar-refractivity contribution in [1.82, 2.24) is 9.78 Å². The van der Waals surface area contributed by atoms with Gasteiger partial charge in [0, 0.05) is 0 Å². The molecule has 6 heteroatoms. The quantitative estimate of drug-likeness (QED) is 0.786. The summed E-state index contributed by atoms with van der Waals surface area (Å²) in [5.41, 5.74) is 1.49. The van der Waals surface area contributed by atoms with Crippen LogP contribution in [0.4, 0.5) is 0 Å². The lowest BCUT2D eigenvalue weighted by Gasteiger charge is -2.06. The summed E-state index contributed by atoms with van der Waals surface area (Å²) in [7, 11) is 1.63. The average Bonchev–Trinajstić information content (AvgIpc) is 2.81. The molecule has 0 amide bonds. The average molecular weight is 339 g/mol. The fraction of sp³-hybridized carbons (Fsp3) is 0.286. The van der Waals surface area contributed by atoms with E-state index < -0.39 is 0 Å². The zero-order chi connectivity index (χ0) is 14.5. The molecule has 106 valence electrons. The summed E-state index contributed by atoms with van der Waals surface area (Å²) in [6.07, 6.45) is 1.51. The van der Waals surface area contributed by atoms with Gasteiger partial charge in [0.25, 0.3) is 0 Å². The third kappa shape index (κ3) is 3.19. The lowest BCUT2D eigenvalue weighted by atomic mass is 10.2. The van der Waals surface area contributed by atoms with Gasteiger partial charge in [0.05, 0.1) is 26.5 Å². The van der Waals surface area contributed by atoms with Crippen LogP contribution in [0.2, 0.25) is 0 Å². The Morgan fingerprint density at radius 3 is 2.65 bits per heavy atom. The first-order valence-electron chi connectivity index (χ1n) is 6.17. The molecule has 0 saturated heterocycles. The van der Waals surface area contributed by atoms with E-state index in [1.165, 1.54) is 6.20 Å². The number of hydrogen-bond donors (Lipinski definition) is 0. The van der Waals surface area contributed by atoms with Crippen molar-refractivity contribution in [2.24, 2.45) is 0 Å². The SMILES string of the molecule is CCOC(=O)c1cnn(Cc2ccc(OC)cc2)c1Br. The maximum atomic E-state index is 11.7. The van der Waals surface area contributed by atoms with Gasteiger partial charge < -0.3 is 9.47 Å². The van der Waals surface area contributed by atoms with Crippen LogP contribution in [0.1, 0.15) is 22.8 Å². The van der Waals surface area contributed by atoms with Crippen molar-refractivity contribution >= 4 is 21.9 Å². The normalized spacial score (nSPS) is 10.3. The summed E-state index contributed by atoms with van der Waals surface area (Å²) in [5.74, 6) is 0.431. The highest BCUT2D eigenvalue weighted by atomic mass is 79.9. The molecule has 0 aliphatic rings. The third-order valence-electron chi connectivity index (χ3n) is 2.76. The predicted octanol–water partition coefficient (Wildman–Crippen LogP) is 2.88. The molecule has 2 aromatic rings. The highest BCUT2D eigenvalue weighted by Crippen LogP contribution is 2.19. The molecule has 5 nitrogen and oxygen atoms in total. The number of carbonyl (C=O) groups is 1. The number of nitrogens with zero attached hydrogens (tertiary/aromatic N) is 2. The summed E-state index contributed by atoms with van der Waals surface area (Å²) >= 11 is 3.38. The molecule has 0 radical (unpaired) electrons. The third-order valence-corrected chi connectivity index (χ3v) is 3.60. The summed E-state index contributed by atoms with van der Waals surface area (Å²) in [6.45, 7) is 2.67. The fourth-order valence-corrected chi connectivity index (χ4v) is 2.21. The van der Waals surface area contributed by atoms with Gasteiger partial charge >= 0.3 is 5.97 Å². The monoisotopic (exact) mass is 338 g/mol. The first kappa shape index (κ1) is 14.6. The van der Waals surface area contributed by atoms with Gasteiger partial charge in [-0.1, -0.05) is 12.1 Å². The lowest BCUT2D eigenvalue weighted by molar-refractivity contribution is 0.0525. The molecule has 1 heterocycles. The van der Waals surface area contributed by atoms with Crippen molar-refractivity contribution in [3.05, 3.63) is 46.2 Å². The van der Waals surface area contributed by atoms with Crippen LogP contribution < -0.4 is 4.74 Å². The minimum atomic E-state index is -0.375. The number of esters is 1. The van der Waals surface area contributed by atoms with E-state index in [-0.39, 0.29) is 5.97 Å². The van der Waals surface area contributed by atoms with Gasteiger partial charge in [-0.15, -0.1) is 0 Å². The van der Waals surface area contributed by atoms with Gasteiger partial charge in [-0.05, 0) is 40.5 Å². The number of hydrogen-bond acceptors (Lipinski definition) is 4. The smallest absolute Gasteiger partial charge is 0.342 e. The number of carbonyl (C=O) groups excluding carboxylic acids is 1. The van der Waals surface area contributed by atoms with Crippen molar-refractivity contribution in [3.63, 3.8) is 0 Å². The molecule has 0 unspecified atom stereocenters. The number of methoxy groups -OCH3 is 1. The minimum absolute atomic E-state index is 0.342. The van der Waals surface area contributed by atoms with E-state index in [4.69, 9.17) is 9.47 Å². The van der Waals surface area contributed by atoms with E-state index in [9.17, 15) is 4.79 Å². The molecule has 0 saturated carbocycles. The topological polar surface area (TPSA) is 53.3 Å². The van der Waals surface area contributed by atoms with Gasteiger partial charge in [-0.25, -0.2) is 4.79 Å². The standard InChI is InChI=1S/C14H15BrN2O3/c1-3-20-14(18)12-8-16-17(13(12)15)9-10-4-6-11(19-2)7-5-10/h4-8H,3,9H2,1-2H3. The molecular formula is C14H15BrN2O3. The molecule has 1 aromatic heterocycles. The second kappa shape index (κ2) is 6.56. The summed E-state index contributed by atoms with van der Waals surface area (Å²) in [6, 6.07) is 7.69. The second-order valence-electron chi connectivity index (χ2n) is 4.08. The van der Waals surface area contributed by atoms with Crippen molar-refractivity contribution in [2.75, 3.05) is 13.7 Å². The van der Waals surface area contributed by atoms with Crippen LogP contribution in [0.3, 0.4) is 0 Å². The second-order valence-corrected chi connectivity index (χ2v) is 4.83. The Kier molecular flexibility index (Phi) is 4.79. The van der Waals surface area contributed by atoms with Crippen LogP contribution in [0.5, 0.6) is 5.75 Å². The number of ether oxygens (including phenoxy) is 2. The number of halogens is 1. The Bertz CT molecular complexity index is 593. The van der Waals surface area contributed by atoms with Crippen LogP contribution in [-0.4, -0.2) is 29.5 Å². The van der Waals surface area contributed by atoms with Crippen LogP contribution in [-0.2, 0) is 11.3 Å². The van der Waals surface area contributed by atoms with Crippen molar-refractivity contribution in [1.29, 1.82) is 0 Å². The maximum Gasteiger partial charge on any atom is 0.342 e. The van der Waals surface area contributed by atoms with E-state index in [1.807, 2.05) is 24.3 Å². The van der Waals surface area contributed by atoms with E-state index in [0.29, 0.717) is 23.3 Å². The molecule has 0 N–H and O–H groups in total. The van der Waals surface area contributed by atoms with Crippen LogP contribution in [0.25, 0.3) is 0 Å². The molecule has 0 atom stereocenters. The molecule has 0 aliphatic heterocycles. The highest BCUT2D eigenvalue weighted by Gasteiger charge is 2.16. The molecular weight excluding hydrogens is 324 g/mol. The maximum absolute atomic E-state index is 11.7. The van der Waals surface area contributed by atoms with Gasteiger partial charge in [0.2, 0.25) is 0 Å². The summed E-state index contributed by atoms with van der Waals surface area (Å²) in [5, 5.41) is 4.19.